The molecule has 0 saturated carbocycles. The highest BCUT2D eigenvalue weighted by Crippen LogP contribution is 2.37. The Morgan fingerprint density at radius 2 is 1.68 bits per heavy atom. The number of rotatable bonds is 9. The predicted molar refractivity (Wildman–Crippen MR) is 149 cm³/mol. The lowest BCUT2D eigenvalue weighted by Gasteiger charge is -2.30. The molecule has 0 spiro atoms. The van der Waals surface area contributed by atoms with E-state index in [-0.39, 0.29) is 18.2 Å². The molecule has 1 heterocycles. The number of aryl methyl sites for hydroxylation is 1. The van der Waals surface area contributed by atoms with Crippen LogP contribution < -0.4 is 14.5 Å². The van der Waals surface area contributed by atoms with Crippen molar-refractivity contribution < 1.29 is 37.0 Å². The van der Waals surface area contributed by atoms with Crippen molar-refractivity contribution in [2.75, 3.05) is 30.0 Å². The Kier molecular flexibility index (Phi) is 9.65. The minimum absolute atomic E-state index is 0.0642. The van der Waals surface area contributed by atoms with Gasteiger partial charge in [0.1, 0.15) is 5.75 Å². The van der Waals surface area contributed by atoms with Crippen LogP contribution >= 0.6 is 0 Å². The summed E-state index contributed by atoms with van der Waals surface area (Å²) in [6, 6.07) is 20.3. The summed E-state index contributed by atoms with van der Waals surface area (Å²) in [5, 5.41) is 0. The number of halogens is 3. The molecule has 0 bridgehead atoms. The number of carbonyl (C=O) groups is 3. The average Bonchev–Trinajstić information content (AvgIpc) is 2.97. The van der Waals surface area contributed by atoms with Crippen molar-refractivity contribution in [3.05, 3.63) is 78.4 Å². The number of hydrogen-bond donors (Lipinski definition) is 0. The van der Waals surface area contributed by atoms with E-state index in [1.807, 2.05) is 30.3 Å². The molecule has 0 aromatic heterocycles. The van der Waals surface area contributed by atoms with Gasteiger partial charge in [-0.25, -0.2) is 4.79 Å². The number of alkyl halides is 3. The zero-order chi connectivity index (χ0) is 29.4. The van der Waals surface area contributed by atoms with Crippen molar-refractivity contribution in [2.24, 2.45) is 0 Å². The van der Waals surface area contributed by atoms with Crippen LogP contribution in [0.15, 0.2) is 72.8 Å². The van der Waals surface area contributed by atoms with Gasteiger partial charge in [-0.05, 0) is 73.6 Å². The molecule has 41 heavy (non-hydrogen) atoms. The van der Waals surface area contributed by atoms with Gasteiger partial charge in [-0.3, -0.25) is 9.59 Å². The number of hydrogen-bond acceptors (Lipinski definition) is 5. The van der Waals surface area contributed by atoms with Crippen LogP contribution in [0.25, 0.3) is 11.1 Å². The molecule has 3 aromatic carbocycles. The third kappa shape index (κ3) is 7.87. The Morgan fingerprint density at radius 3 is 2.34 bits per heavy atom. The van der Waals surface area contributed by atoms with Crippen LogP contribution in [0.4, 0.5) is 24.5 Å². The number of benzene rings is 3. The van der Waals surface area contributed by atoms with Crippen molar-refractivity contribution >= 4 is 29.2 Å². The maximum absolute atomic E-state index is 13.1. The summed E-state index contributed by atoms with van der Waals surface area (Å²) in [6.45, 7) is 0.727. The topological polar surface area (TPSA) is 76.2 Å². The van der Waals surface area contributed by atoms with Gasteiger partial charge in [-0.15, -0.1) is 13.2 Å². The first-order valence-electron chi connectivity index (χ1n) is 13.4. The molecule has 216 valence electrons. The lowest BCUT2D eigenvalue weighted by atomic mass is 9.99. The summed E-state index contributed by atoms with van der Waals surface area (Å²) in [4.78, 5) is 41.1. The van der Waals surface area contributed by atoms with E-state index in [1.54, 1.807) is 23.1 Å². The zero-order valence-electron chi connectivity index (χ0n) is 22.7. The van der Waals surface area contributed by atoms with Gasteiger partial charge in [0.2, 0.25) is 5.91 Å². The van der Waals surface area contributed by atoms with E-state index >= 15 is 0 Å². The van der Waals surface area contributed by atoms with Crippen molar-refractivity contribution in [2.45, 2.75) is 44.9 Å². The number of esters is 1. The fraction of sp³-hybridized carbons (Fsp3) is 0.323. The molecule has 7 nitrogen and oxygen atoms in total. The maximum atomic E-state index is 13.1. The first kappa shape index (κ1) is 29.6. The third-order valence-corrected chi connectivity index (χ3v) is 6.85. The van der Waals surface area contributed by atoms with Gasteiger partial charge in [0.05, 0.1) is 12.8 Å². The van der Waals surface area contributed by atoms with E-state index in [4.69, 9.17) is 4.74 Å². The van der Waals surface area contributed by atoms with E-state index in [9.17, 15) is 27.6 Å². The van der Waals surface area contributed by atoms with Crippen LogP contribution in [0.1, 0.15) is 37.7 Å². The second-order valence-electron chi connectivity index (χ2n) is 9.67. The molecule has 0 aliphatic carbocycles. The minimum Gasteiger partial charge on any atom is -0.462 e. The summed E-state index contributed by atoms with van der Waals surface area (Å²) in [5.74, 6) is -2.30. The van der Waals surface area contributed by atoms with Gasteiger partial charge in [-0.1, -0.05) is 42.5 Å². The zero-order valence-corrected chi connectivity index (χ0v) is 22.7. The highest BCUT2D eigenvalue weighted by atomic mass is 19.4. The monoisotopic (exact) mass is 568 g/mol. The molecule has 1 saturated heterocycles. The fourth-order valence-electron chi connectivity index (χ4n) is 4.84. The Bertz CT molecular complexity index is 1360. The van der Waals surface area contributed by atoms with Crippen molar-refractivity contribution in [3.63, 3.8) is 0 Å². The van der Waals surface area contributed by atoms with E-state index in [0.717, 1.165) is 38.4 Å². The highest BCUT2D eigenvalue weighted by Gasteiger charge is 2.31. The van der Waals surface area contributed by atoms with Crippen LogP contribution in [0.3, 0.4) is 0 Å². The largest absolute Gasteiger partial charge is 0.573 e. The quantitative estimate of drug-likeness (QED) is 0.172. The summed E-state index contributed by atoms with van der Waals surface area (Å²) in [6.07, 6.45) is -0.702. The van der Waals surface area contributed by atoms with Gasteiger partial charge < -0.3 is 19.3 Å². The summed E-state index contributed by atoms with van der Waals surface area (Å²) in [5.41, 5.74) is 3.18. The lowest BCUT2D eigenvalue weighted by Crippen LogP contribution is -2.38. The van der Waals surface area contributed by atoms with Gasteiger partial charge in [0.15, 0.2) is 0 Å². The van der Waals surface area contributed by atoms with Crippen molar-refractivity contribution in [1.29, 1.82) is 0 Å². The molecule has 1 aliphatic heterocycles. The number of methoxy groups -OCH3 is 1. The number of nitrogens with zero attached hydrogens (tertiary/aromatic N) is 2. The minimum atomic E-state index is -4.83. The molecule has 0 atom stereocenters. The average molecular weight is 569 g/mol. The second-order valence-corrected chi connectivity index (χ2v) is 9.67. The van der Waals surface area contributed by atoms with Gasteiger partial charge in [0.25, 0.3) is 0 Å². The lowest BCUT2D eigenvalue weighted by molar-refractivity contribution is -0.274. The molecule has 0 N–H and O–H groups in total. The normalized spacial score (nSPS) is 13.6. The number of amides is 2. The van der Waals surface area contributed by atoms with Crippen LogP contribution in [0, 0.1) is 0 Å². The van der Waals surface area contributed by atoms with Crippen molar-refractivity contribution in [3.8, 4) is 16.9 Å². The summed E-state index contributed by atoms with van der Waals surface area (Å²) >= 11 is 0. The molecule has 1 fully saturated rings. The molecule has 1 aliphatic rings. The van der Waals surface area contributed by atoms with Crippen LogP contribution in [0.2, 0.25) is 0 Å². The number of piperidine rings is 1. The number of anilines is 2. The highest BCUT2D eigenvalue weighted by molar-refractivity contribution is 6.38. The molecule has 10 heteroatoms. The summed E-state index contributed by atoms with van der Waals surface area (Å²) in [7, 11) is 1.13. The van der Waals surface area contributed by atoms with E-state index in [0.29, 0.717) is 41.9 Å². The molecule has 3 aromatic rings. The van der Waals surface area contributed by atoms with Crippen molar-refractivity contribution in [1.82, 2.24) is 0 Å². The standard InChI is InChI=1S/C31H31F3N2O5/c1-40-30(39)29(38)35(19-7-5-11-22-9-3-2-4-10-22)24-15-18-27(36-20-8-6-12-28(36)37)26(21-24)23-13-16-25(17-14-23)41-31(32,33)34/h2-4,9-10,13-18,21H,5-8,11-12,19-20H2,1H3. The van der Waals surface area contributed by atoms with Crippen LogP contribution in [-0.4, -0.2) is 44.3 Å². The maximum Gasteiger partial charge on any atom is 0.573 e. The Balaban J connectivity index is 1.67. The van der Waals surface area contributed by atoms with Gasteiger partial charge >= 0.3 is 18.2 Å². The second kappa shape index (κ2) is 13.3. The molecule has 0 unspecified atom stereocenters. The van der Waals surface area contributed by atoms with E-state index < -0.39 is 18.2 Å². The van der Waals surface area contributed by atoms with E-state index in [1.165, 1.54) is 29.2 Å². The predicted octanol–water partition coefficient (Wildman–Crippen LogP) is 6.30. The van der Waals surface area contributed by atoms with Gasteiger partial charge in [-0.2, -0.15) is 0 Å². The number of carbonyl (C=O) groups excluding carboxylic acids is 3. The molecular weight excluding hydrogens is 537 g/mol. The van der Waals surface area contributed by atoms with E-state index in [2.05, 4.69) is 4.74 Å². The van der Waals surface area contributed by atoms with Gasteiger partial charge in [0, 0.05) is 30.8 Å². The Hall–Kier alpha value is -4.34. The molecular formula is C31H31F3N2O5. The Labute approximate surface area is 236 Å². The van der Waals surface area contributed by atoms with Crippen LogP contribution in [0.5, 0.6) is 5.75 Å². The smallest absolute Gasteiger partial charge is 0.462 e. The molecule has 4 rings (SSSR count). The number of unbranched alkanes of at least 4 members (excludes halogenated alkanes) is 1. The molecule has 2 amide bonds. The number of ether oxygens (including phenoxy) is 2. The summed E-state index contributed by atoms with van der Waals surface area (Å²) < 4.78 is 46.8. The first-order chi connectivity index (χ1) is 19.7. The fourth-order valence-corrected chi connectivity index (χ4v) is 4.84. The molecule has 0 radical (unpaired) electrons. The Morgan fingerprint density at radius 1 is 0.951 bits per heavy atom. The SMILES string of the molecule is COC(=O)C(=O)N(CCCCc1ccccc1)c1ccc(N2CCCCC2=O)c(-c2ccc(OC(F)(F)F)cc2)c1. The first-order valence-corrected chi connectivity index (χ1v) is 13.4. The van der Waals surface area contributed by atoms with Crippen LogP contribution in [-0.2, 0) is 25.5 Å². The third-order valence-electron chi connectivity index (χ3n) is 6.85.